The second-order valence-corrected chi connectivity index (χ2v) is 6.15. The number of fused-ring (bicyclic) bond motifs is 1. The first-order chi connectivity index (χ1) is 13.0. The van der Waals surface area contributed by atoms with Crippen LogP contribution in [0.25, 0.3) is 0 Å². The summed E-state index contributed by atoms with van der Waals surface area (Å²) in [5.74, 6) is 1.000. The third-order valence-corrected chi connectivity index (χ3v) is 4.37. The number of aryl methyl sites for hydroxylation is 1. The molecule has 0 fully saturated rings. The molecule has 1 N–H and O–H groups in total. The maximum absolute atomic E-state index is 12.7. The third kappa shape index (κ3) is 4.13. The van der Waals surface area contributed by atoms with Gasteiger partial charge in [-0.1, -0.05) is 6.07 Å². The Morgan fingerprint density at radius 3 is 2.63 bits per heavy atom. The van der Waals surface area contributed by atoms with Crippen LogP contribution in [-0.2, 0) is 11.3 Å². The minimum absolute atomic E-state index is 0.218. The quantitative estimate of drug-likeness (QED) is 0.815. The van der Waals surface area contributed by atoms with Crippen LogP contribution in [0.15, 0.2) is 36.4 Å². The van der Waals surface area contributed by atoms with Crippen molar-refractivity contribution < 1.29 is 23.8 Å². The average Bonchev–Trinajstić information content (AvgIpc) is 3.14. The third-order valence-electron chi connectivity index (χ3n) is 4.37. The van der Waals surface area contributed by atoms with Gasteiger partial charge in [-0.2, -0.15) is 0 Å². The normalized spacial score (nSPS) is 11.8. The van der Waals surface area contributed by atoms with Crippen molar-refractivity contribution in [3.63, 3.8) is 0 Å². The molecule has 3 rings (SSSR count). The minimum atomic E-state index is -0.408. The van der Waals surface area contributed by atoms with E-state index in [1.807, 2.05) is 32.0 Å². The Morgan fingerprint density at radius 1 is 1.15 bits per heavy atom. The summed E-state index contributed by atoms with van der Waals surface area (Å²) in [7, 11) is 1.34. The van der Waals surface area contributed by atoms with Crippen molar-refractivity contribution in [2.24, 2.45) is 0 Å². The van der Waals surface area contributed by atoms with Crippen LogP contribution in [0.1, 0.15) is 28.4 Å². The predicted molar refractivity (Wildman–Crippen MR) is 100 cm³/mol. The van der Waals surface area contributed by atoms with E-state index >= 15 is 0 Å². The Balaban J connectivity index is 1.69. The topological polar surface area (TPSA) is 77.1 Å². The van der Waals surface area contributed by atoms with Gasteiger partial charge in [-0.3, -0.25) is 0 Å². The van der Waals surface area contributed by atoms with E-state index < -0.39 is 5.97 Å². The Bertz CT molecular complexity index is 865. The lowest BCUT2D eigenvalue weighted by Gasteiger charge is -2.22. The molecular formula is C20H22N2O5. The summed E-state index contributed by atoms with van der Waals surface area (Å²) in [5.41, 5.74) is 2.83. The predicted octanol–water partition coefficient (Wildman–Crippen LogP) is 3.56. The number of carbonyl (C=O) groups excluding carboxylic acids is 2. The van der Waals surface area contributed by atoms with Gasteiger partial charge < -0.3 is 24.4 Å². The van der Waals surface area contributed by atoms with Crippen LogP contribution in [0, 0.1) is 6.92 Å². The number of methoxy groups -OCH3 is 1. The number of amides is 2. The molecule has 0 radical (unpaired) electrons. The zero-order valence-electron chi connectivity index (χ0n) is 15.6. The first kappa shape index (κ1) is 18.6. The number of hydrogen-bond donors (Lipinski definition) is 1. The van der Waals surface area contributed by atoms with Gasteiger partial charge in [0, 0.05) is 18.8 Å². The van der Waals surface area contributed by atoms with Crippen LogP contribution >= 0.6 is 0 Å². The Morgan fingerprint density at radius 2 is 1.93 bits per heavy atom. The molecule has 0 unspecified atom stereocenters. The zero-order valence-corrected chi connectivity index (χ0v) is 15.6. The van der Waals surface area contributed by atoms with Crippen LogP contribution in [0.4, 0.5) is 10.5 Å². The van der Waals surface area contributed by atoms with E-state index in [-0.39, 0.29) is 12.8 Å². The van der Waals surface area contributed by atoms with E-state index in [1.54, 1.807) is 23.1 Å². The van der Waals surface area contributed by atoms with Crippen LogP contribution < -0.4 is 14.8 Å². The van der Waals surface area contributed by atoms with Crippen molar-refractivity contribution in [3.05, 3.63) is 53.1 Å². The second kappa shape index (κ2) is 7.99. The van der Waals surface area contributed by atoms with Gasteiger partial charge in [-0.25, -0.2) is 9.59 Å². The van der Waals surface area contributed by atoms with Crippen molar-refractivity contribution in [2.75, 3.05) is 25.8 Å². The SMILES string of the molecule is CCN(Cc1ccc2c(c1)OCO2)C(=O)Nc1ccc(C(=O)OC)cc1C. The summed E-state index contributed by atoms with van der Waals surface area (Å²) in [6.07, 6.45) is 0. The van der Waals surface area contributed by atoms with Gasteiger partial charge in [0.25, 0.3) is 0 Å². The number of ether oxygens (including phenoxy) is 3. The molecule has 0 aromatic heterocycles. The minimum Gasteiger partial charge on any atom is -0.465 e. The molecule has 1 aliphatic heterocycles. The molecule has 1 aliphatic rings. The van der Waals surface area contributed by atoms with Gasteiger partial charge in [-0.05, 0) is 55.3 Å². The number of nitrogens with one attached hydrogen (secondary N) is 1. The van der Waals surface area contributed by atoms with Gasteiger partial charge >= 0.3 is 12.0 Å². The molecule has 0 atom stereocenters. The van der Waals surface area contributed by atoms with Gasteiger partial charge in [-0.15, -0.1) is 0 Å². The highest BCUT2D eigenvalue weighted by atomic mass is 16.7. The maximum Gasteiger partial charge on any atom is 0.337 e. The van der Waals surface area contributed by atoms with E-state index in [1.165, 1.54) is 7.11 Å². The van der Waals surface area contributed by atoms with Crippen LogP contribution in [0.2, 0.25) is 0 Å². The summed E-state index contributed by atoms with van der Waals surface area (Å²) >= 11 is 0. The molecule has 2 amide bonds. The van der Waals surface area contributed by atoms with Crippen molar-refractivity contribution in [1.82, 2.24) is 4.90 Å². The smallest absolute Gasteiger partial charge is 0.337 e. The van der Waals surface area contributed by atoms with E-state index in [0.717, 1.165) is 11.1 Å². The molecule has 0 saturated heterocycles. The van der Waals surface area contributed by atoms with Crippen LogP contribution in [0.5, 0.6) is 11.5 Å². The zero-order chi connectivity index (χ0) is 19.4. The lowest BCUT2D eigenvalue weighted by atomic mass is 10.1. The molecule has 7 heteroatoms. The number of rotatable bonds is 5. The fourth-order valence-corrected chi connectivity index (χ4v) is 2.83. The molecule has 2 aromatic carbocycles. The Labute approximate surface area is 157 Å². The van der Waals surface area contributed by atoms with Gasteiger partial charge in [0.2, 0.25) is 6.79 Å². The molecule has 0 spiro atoms. The molecule has 7 nitrogen and oxygen atoms in total. The largest absolute Gasteiger partial charge is 0.465 e. The van der Waals surface area contributed by atoms with Crippen LogP contribution in [-0.4, -0.2) is 37.3 Å². The molecule has 27 heavy (non-hydrogen) atoms. The highest BCUT2D eigenvalue weighted by molar-refractivity contribution is 5.93. The summed E-state index contributed by atoms with van der Waals surface area (Å²) < 4.78 is 15.4. The number of benzene rings is 2. The van der Waals surface area contributed by atoms with Crippen molar-refractivity contribution >= 4 is 17.7 Å². The van der Waals surface area contributed by atoms with Gasteiger partial charge in [0.15, 0.2) is 11.5 Å². The number of esters is 1. The number of urea groups is 1. The first-order valence-electron chi connectivity index (χ1n) is 8.65. The highest BCUT2D eigenvalue weighted by Crippen LogP contribution is 2.32. The number of hydrogen-bond acceptors (Lipinski definition) is 5. The lowest BCUT2D eigenvalue weighted by molar-refractivity contribution is 0.0600. The lowest BCUT2D eigenvalue weighted by Crippen LogP contribution is -2.34. The first-order valence-corrected chi connectivity index (χ1v) is 8.65. The molecule has 2 aromatic rings. The Hall–Kier alpha value is -3.22. The number of anilines is 1. The molecule has 0 bridgehead atoms. The van der Waals surface area contributed by atoms with Gasteiger partial charge in [0.05, 0.1) is 12.7 Å². The van der Waals surface area contributed by atoms with Gasteiger partial charge in [0.1, 0.15) is 0 Å². The molecule has 0 saturated carbocycles. The fraction of sp³-hybridized carbons (Fsp3) is 0.300. The summed E-state index contributed by atoms with van der Waals surface area (Å²) in [4.78, 5) is 26.0. The number of nitrogens with zero attached hydrogens (tertiary/aromatic N) is 1. The maximum atomic E-state index is 12.7. The monoisotopic (exact) mass is 370 g/mol. The van der Waals surface area contributed by atoms with Crippen LogP contribution in [0.3, 0.4) is 0 Å². The van der Waals surface area contributed by atoms with E-state index in [4.69, 9.17) is 14.2 Å². The molecular weight excluding hydrogens is 348 g/mol. The molecule has 142 valence electrons. The van der Waals surface area contributed by atoms with E-state index in [2.05, 4.69) is 5.32 Å². The second-order valence-electron chi connectivity index (χ2n) is 6.15. The Kier molecular flexibility index (Phi) is 5.49. The summed E-state index contributed by atoms with van der Waals surface area (Å²) in [5, 5.41) is 2.90. The van der Waals surface area contributed by atoms with E-state index in [9.17, 15) is 9.59 Å². The number of carbonyl (C=O) groups is 2. The molecule has 1 heterocycles. The van der Waals surface area contributed by atoms with Crippen molar-refractivity contribution in [3.8, 4) is 11.5 Å². The summed E-state index contributed by atoms with van der Waals surface area (Å²) in [6, 6.07) is 10.4. The fourth-order valence-electron chi connectivity index (χ4n) is 2.83. The summed E-state index contributed by atoms with van der Waals surface area (Å²) in [6.45, 7) is 4.95. The molecule has 0 aliphatic carbocycles. The van der Waals surface area contributed by atoms with Crippen molar-refractivity contribution in [1.29, 1.82) is 0 Å². The average molecular weight is 370 g/mol. The van der Waals surface area contributed by atoms with E-state index in [0.29, 0.717) is 35.8 Å². The van der Waals surface area contributed by atoms with Crippen molar-refractivity contribution in [2.45, 2.75) is 20.4 Å². The standard InChI is InChI=1S/C20H22N2O5/c1-4-22(11-14-5-8-17-18(10-14)27-12-26-17)20(24)21-16-7-6-15(9-13(16)2)19(23)25-3/h5-10H,4,11-12H2,1-3H3,(H,21,24). The highest BCUT2D eigenvalue weighted by Gasteiger charge is 2.17.